The number of hydrogen-bond acceptors (Lipinski definition) is 1. The van der Waals surface area contributed by atoms with Gasteiger partial charge in [0.25, 0.3) is 0 Å². The molecule has 14 heavy (non-hydrogen) atoms. The summed E-state index contributed by atoms with van der Waals surface area (Å²) >= 11 is 0. The Hall–Kier alpha value is -1.10. The lowest BCUT2D eigenvalue weighted by Gasteiger charge is -2.07. The Morgan fingerprint density at radius 2 is 1.71 bits per heavy atom. The third-order valence-corrected chi connectivity index (χ3v) is 1.69. The van der Waals surface area contributed by atoms with E-state index in [1.165, 1.54) is 6.92 Å². The van der Waals surface area contributed by atoms with Gasteiger partial charge in [0.05, 0.1) is 6.10 Å². The number of rotatable bonds is 2. The molecule has 0 saturated carbocycles. The molecular weight excluding hydrogens is 200 g/mol. The van der Waals surface area contributed by atoms with Crippen molar-refractivity contribution in [3.63, 3.8) is 0 Å². The van der Waals surface area contributed by atoms with Gasteiger partial charge >= 0.3 is 0 Å². The third kappa shape index (κ3) is 2.04. The van der Waals surface area contributed by atoms with Gasteiger partial charge < -0.3 is 5.11 Å². The summed E-state index contributed by atoms with van der Waals surface area (Å²) in [4.78, 5) is 0. The Kier molecular flexibility index (Phi) is 3.10. The molecule has 1 rings (SSSR count). The number of aliphatic hydroxyl groups excluding tert-OH is 1. The molecule has 0 amide bonds. The summed E-state index contributed by atoms with van der Waals surface area (Å²) < 4.78 is 50.6. The largest absolute Gasteiger partial charge is 0.393 e. The van der Waals surface area contributed by atoms with Crippen LogP contribution in [0.2, 0.25) is 0 Å². The van der Waals surface area contributed by atoms with E-state index in [0.717, 1.165) is 0 Å². The van der Waals surface area contributed by atoms with E-state index in [1.807, 2.05) is 0 Å². The zero-order valence-corrected chi connectivity index (χ0v) is 7.32. The summed E-state index contributed by atoms with van der Waals surface area (Å²) in [6.07, 6.45) is -1.21. The van der Waals surface area contributed by atoms with Crippen LogP contribution in [0.15, 0.2) is 6.07 Å². The van der Waals surface area contributed by atoms with Gasteiger partial charge in [-0.1, -0.05) is 0 Å². The van der Waals surface area contributed by atoms with E-state index in [0.29, 0.717) is 6.07 Å². The first kappa shape index (κ1) is 11.0. The first-order chi connectivity index (χ1) is 6.43. The molecule has 1 atom stereocenters. The molecule has 1 N–H and O–H groups in total. The van der Waals surface area contributed by atoms with Crippen molar-refractivity contribution in [1.82, 2.24) is 0 Å². The molecule has 0 fully saturated rings. The lowest BCUT2D eigenvalue weighted by Crippen LogP contribution is -2.09. The average Bonchev–Trinajstić information content (AvgIpc) is 2.10. The van der Waals surface area contributed by atoms with E-state index in [-0.39, 0.29) is 12.0 Å². The highest BCUT2D eigenvalue weighted by molar-refractivity contribution is 5.22. The maximum absolute atomic E-state index is 12.9. The molecule has 0 aliphatic rings. The summed E-state index contributed by atoms with van der Waals surface area (Å²) in [7, 11) is 0. The second-order valence-corrected chi connectivity index (χ2v) is 3.01. The molecule has 0 aromatic heterocycles. The van der Waals surface area contributed by atoms with Crippen LogP contribution in [0.25, 0.3) is 0 Å². The van der Waals surface area contributed by atoms with Gasteiger partial charge in [0.15, 0.2) is 23.3 Å². The Bertz CT molecular complexity index is 349. The highest BCUT2D eigenvalue weighted by Crippen LogP contribution is 2.19. The minimum Gasteiger partial charge on any atom is -0.393 e. The normalized spacial score (nSPS) is 13.0. The van der Waals surface area contributed by atoms with Crippen molar-refractivity contribution in [2.75, 3.05) is 0 Å². The maximum Gasteiger partial charge on any atom is 0.197 e. The molecule has 0 radical (unpaired) electrons. The van der Waals surface area contributed by atoms with Crippen LogP contribution in [0, 0.1) is 23.3 Å². The second kappa shape index (κ2) is 3.96. The van der Waals surface area contributed by atoms with Crippen LogP contribution in [-0.2, 0) is 6.42 Å². The molecule has 5 heteroatoms. The molecular formula is C9H8F4O. The molecule has 1 aromatic carbocycles. The van der Waals surface area contributed by atoms with Gasteiger partial charge in [0.1, 0.15) is 0 Å². The van der Waals surface area contributed by atoms with Gasteiger partial charge in [-0.05, 0) is 18.6 Å². The molecule has 0 aliphatic heterocycles. The van der Waals surface area contributed by atoms with Crippen LogP contribution < -0.4 is 0 Å². The molecule has 1 aromatic rings. The molecule has 0 bridgehead atoms. The van der Waals surface area contributed by atoms with Crippen molar-refractivity contribution in [3.05, 3.63) is 34.9 Å². The topological polar surface area (TPSA) is 20.2 Å². The first-order valence-corrected chi connectivity index (χ1v) is 3.93. The molecule has 78 valence electrons. The average molecular weight is 208 g/mol. The molecule has 0 aliphatic carbocycles. The van der Waals surface area contributed by atoms with Gasteiger partial charge in [-0.25, -0.2) is 17.6 Å². The molecule has 0 spiro atoms. The van der Waals surface area contributed by atoms with E-state index in [1.54, 1.807) is 0 Å². The van der Waals surface area contributed by atoms with Gasteiger partial charge in [-0.15, -0.1) is 0 Å². The van der Waals surface area contributed by atoms with E-state index in [2.05, 4.69) is 0 Å². The molecule has 1 nitrogen and oxygen atoms in total. The fourth-order valence-corrected chi connectivity index (χ4v) is 1.09. The van der Waals surface area contributed by atoms with E-state index in [9.17, 15) is 17.6 Å². The van der Waals surface area contributed by atoms with Gasteiger partial charge in [-0.3, -0.25) is 0 Å². The van der Waals surface area contributed by atoms with Crippen LogP contribution in [-0.4, -0.2) is 11.2 Å². The zero-order chi connectivity index (χ0) is 10.9. The van der Waals surface area contributed by atoms with Gasteiger partial charge in [0, 0.05) is 6.42 Å². The zero-order valence-electron chi connectivity index (χ0n) is 7.32. The minimum atomic E-state index is -1.85. The van der Waals surface area contributed by atoms with E-state index in [4.69, 9.17) is 5.11 Å². The van der Waals surface area contributed by atoms with Crippen LogP contribution >= 0.6 is 0 Å². The Balaban J connectivity index is 3.19. The summed E-state index contributed by atoms with van der Waals surface area (Å²) in [5, 5.41) is 8.88. The monoisotopic (exact) mass is 208 g/mol. The molecule has 0 heterocycles. The quantitative estimate of drug-likeness (QED) is 0.448. The number of aliphatic hydroxyl groups is 1. The van der Waals surface area contributed by atoms with Crippen molar-refractivity contribution < 1.29 is 22.7 Å². The summed E-state index contributed by atoms with van der Waals surface area (Å²) in [6.45, 7) is 1.33. The lowest BCUT2D eigenvalue weighted by atomic mass is 10.1. The SMILES string of the molecule is CC(O)Cc1cc(F)c(F)c(F)c1F. The first-order valence-electron chi connectivity index (χ1n) is 3.93. The van der Waals surface area contributed by atoms with Crippen molar-refractivity contribution in [2.45, 2.75) is 19.4 Å². The Morgan fingerprint density at radius 1 is 1.14 bits per heavy atom. The Labute approximate surface area is 78.0 Å². The summed E-state index contributed by atoms with van der Waals surface area (Å²) in [5.41, 5.74) is -0.378. The van der Waals surface area contributed by atoms with E-state index < -0.39 is 29.4 Å². The standard InChI is InChI=1S/C9H8F4O/c1-4(14)2-5-3-6(10)8(12)9(13)7(5)11/h3-4,14H,2H2,1H3. The van der Waals surface area contributed by atoms with Crippen molar-refractivity contribution in [3.8, 4) is 0 Å². The number of hydrogen-bond donors (Lipinski definition) is 1. The third-order valence-electron chi connectivity index (χ3n) is 1.69. The van der Waals surface area contributed by atoms with Crippen molar-refractivity contribution in [1.29, 1.82) is 0 Å². The highest BCUT2D eigenvalue weighted by Gasteiger charge is 2.19. The summed E-state index contributed by atoms with van der Waals surface area (Å²) in [6, 6.07) is 0.542. The van der Waals surface area contributed by atoms with Gasteiger partial charge in [-0.2, -0.15) is 0 Å². The smallest absolute Gasteiger partial charge is 0.197 e. The van der Waals surface area contributed by atoms with Crippen molar-refractivity contribution in [2.24, 2.45) is 0 Å². The number of halogens is 4. The Morgan fingerprint density at radius 3 is 2.21 bits per heavy atom. The van der Waals surface area contributed by atoms with Crippen LogP contribution in [0.4, 0.5) is 17.6 Å². The second-order valence-electron chi connectivity index (χ2n) is 3.01. The van der Waals surface area contributed by atoms with Crippen LogP contribution in [0.1, 0.15) is 12.5 Å². The number of benzene rings is 1. The van der Waals surface area contributed by atoms with Crippen LogP contribution in [0.5, 0.6) is 0 Å². The van der Waals surface area contributed by atoms with Gasteiger partial charge in [0.2, 0.25) is 0 Å². The summed E-state index contributed by atoms with van der Waals surface area (Å²) in [5.74, 6) is -6.60. The highest BCUT2D eigenvalue weighted by atomic mass is 19.2. The predicted octanol–water partition coefficient (Wildman–Crippen LogP) is 2.17. The minimum absolute atomic E-state index is 0.264. The lowest BCUT2D eigenvalue weighted by molar-refractivity contribution is 0.193. The van der Waals surface area contributed by atoms with E-state index >= 15 is 0 Å². The van der Waals surface area contributed by atoms with Crippen LogP contribution in [0.3, 0.4) is 0 Å². The predicted molar refractivity (Wildman–Crippen MR) is 41.7 cm³/mol. The van der Waals surface area contributed by atoms with Crippen molar-refractivity contribution >= 4 is 0 Å². The maximum atomic E-state index is 12.9. The molecule has 1 unspecified atom stereocenters. The fraction of sp³-hybridized carbons (Fsp3) is 0.333. The fourth-order valence-electron chi connectivity index (χ4n) is 1.09. The molecule has 0 saturated heterocycles.